The SMILES string of the molecule is Cc1nn(C)cc1NC1CCCSC1C. The summed E-state index contributed by atoms with van der Waals surface area (Å²) in [7, 11) is 1.97. The fourth-order valence-corrected chi connectivity index (χ4v) is 3.20. The Bertz CT molecular complexity index is 335. The lowest BCUT2D eigenvalue weighted by atomic mass is 10.1. The van der Waals surface area contributed by atoms with E-state index >= 15 is 0 Å². The molecule has 2 heterocycles. The Kier molecular flexibility index (Phi) is 3.24. The van der Waals surface area contributed by atoms with Crippen molar-refractivity contribution in [3.8, 4) is 0 Å². The number of rotatable bonds is 2. The van der Waals surface area contributed by atoms with E-state index in [0.29, 0.717) is 11.3 Å². The number of thioether (sulfide) groups is 1. The van der Waals surface area contributed by atoms with Crippen LogP contribution in [0, 0.1) is 6.92 Å². The van der Waals surface area contributed by atoms with Crippen LogP contribution >= 0.6 is 11.8 Å². The average molecular weight is 225 g/mol. The van der Waals surface area contributed by atoms with E-state index in [2.05, 4.69) is 42.2 Å². The van der Waals surface area contributed by atoms with Crippen LogP contribution in [-0.4, -0.2) is 26.8 Å². The molecule has 4 heteroatoms. The number of hydrogen-bond acceptors (Lipinski definition) is 3. The monoisotopic (exact) mass is 225 g/mol. The standard InChI is InChI=1S/C11H19N3S/c1-8-11(7-14(3)13-8)12-10-5-4-6-15-9(10)2/h7,9-10,12H,4-6H2,1-3H3. The molecule has 1 aliphatic rings. The van der Waals surface area contributed by atoms with Gasteiger partial charge < -0.3 is 5.32 Å². The summed E-state index contributed by atoms with van der Waals surface area (Å²) in [6.45, 7) is 4.37. The maximum Gasteiger partial charge on any atom is 0.0825 e. The number of aryl methyl sites for hydroxylation is 2. The van der Waals surface area contributed by atoms with Crippen LogP contribution in [0.5, 0.6) is 0 Å². The largest absolute Gasteiger partial charge is 0.378 e. The quantitative estimate of drug-likeness (QED) is 0.838. The number of aromatic nitrogens is 2. The van der Waals surface area contributed by atoms with Gasteiger partial charge in [0.2, 0.25) is 0 Å². The van der Waals surface area contributed by atoms with Gasteiger partial charge in [0, 0.05) is 24.5 Å². The van der Waals surface area contributed by atoms with Crippen molar-refractivity contribution in [1.82, 2.24) is 9.78 Å². The number of hydrogen-bond donors (Lipinski definition) is 1. The van der Waals surface area contributed by atoms with E-state index in [9.17, 15) is 0 Å². The molecule has 15 heavy (non-hydrogen) atoms. The van der Waals surface area contributed by atoms with E-state index in [1.54, 1.807) is 0 Å². The molecule has 3 nitrogen and oxygen atoms in total. The van der Waals surface area contributed by atoms with Crippen molar-refractivity contribution in [2.24, 2.45) is 7.05 Å². The number of nitrogens with one attached hydrogen (secondary N) is 1. The van der Waals surface area contributed by atoms with Crippen LogP contribution in [0.25, 0.3) is 0 Å². The van der Waals surface area contributed by atoms with E-state index in [4.69, 9.17) is 0 Å². The maximum atomic E-state index is 4.35. The first kappa shape index (κ1) is 10.9. The second-order valence-electron chi connectivity index (χ2n) is 4.27. The molecule has 1 N–H and O–H groups in total. The Hall–Kier alpha value is -0.640. The smallest absolute Gasteiger partial charge is 0.0825 e. The minimum Gasteiger partial charge on any atom is -0.378 e. The van der Waals surface area contributed by atoms with Gasteiger partial charge in [-0.2, -0.15) is 16.9 Å². The molecule has 1 fully saturated rings. The second-order valence-corrected chi connectivity index (χ2v) is 5.76. The zero-order valence-corrected chi connectivity index (χ0v) is 10.5. The molecule has 2 atom stereocenters. The highest BCUT2D eigenvalue weighted by Gasteiger charge is 2.22. The van der Waals surface area contributed by atoms with Gasteiger partial charge in [0.1, 0.15) is 0 Å². The van der Waals surface area contributed by atoms with Gasteiger partial charge in [0.15, 0.2) is 0 Å². The lowest BCUT2D eigenvalue weighted by Crippen LogP contribution is -2.32. The Balaban J connectivity index is 2.04. The number of nitrogens with zero attached hydrogens (tertiary/aromatic N) is 2. The predicted molar refractivity (Wildman–Crippen MR) is 66.5 cm³/mol. The first-order valence-electron chi connectivity index (χ1n) is 5.55. The van der Waals surface area contributed by atoms with Crippen molar-refractivity contribution in [3.05, 3.63) is 11.9 Å². The van der Waals surface area contributed by atoms with Gasteiger partial charge in [0.05, 0.1) is 11.4 Å². The average Bonchev–Trinajstić information content (AvgIpc) is 2.49. The minimum absolute atomic E-state index is 0.603. The number of anilines is 1. The molecule has 0 spiro atoms. The molecule has 0 radical (unpaired) electrons. The third kappa shape index (κ3) is 2.48. The molecule has 1 saturated heterocycles. The summed E-state index contributed by atoms with van der Waals surface area (Å²) in [5.74, 6) is 1.31. The van der Waals surface area contributed by atoms with Gasteiger partial charge in [-0.25, -0.2) is 0 Å². The van der Waals surface area contributed by atoms with Crippen molar-refractivity contribution in [2.75, 3.05) is 11.1 Å². The van der Waals surface area contributed by atoms with Crippen molar-refractivity contribution in [2.45, 2.75) is 38.0 Å². The molecule has 2 rings (SSSR count). The zero-order chi connectivity index (χ0) is 10.8. The maximum absolute atomic E-state index is 4.35. The van der Waals surface area contributed by atoms with Gasteiger partial charge >= 0.3 is 0 Å². The van der Waals surface area contributed by atoms with Crippen molar-refractivity contribution in [3.63, 3.8) is 0 Å². The van der Waals surface area contributed by atoms with E-state index in [1.165, 1.54) is 24.3 Å². The summed E-state index contributed by atoms with van der Waals surface area (Å²) >= 11 is 2.07. The highest BCUT2D eigenvalue weighted by Crippen LogP contribution is 2.28. The molecule has 0 bridgehead atoms. The second kappa shape index (κ2) is 4.47. The Morgan fingerprint density at radius 3 is 3.00 bits per heavy atom. The molecular weight excluding hydrogens is 206 g/mol. The minimum atomic E-state index is 0.603. The lowest BCUT2D eigenvalue weighted by molar-refractivity contribution is 0.617. The van der Waals surface area contributed by atoms with Crippen molar-refractivity contribution >= 4 is 17.4 Å². The summed E-state index contributed by atoms with van der Waals surface area (Å²) in [5, 5.41) is 8.67. The van der Waals surface area contributed by atoms with Crippen LogP contribution in [0.3, 0.4) is 0 Å². The van der Waals surface area contributed by atoms with Crippen LogP contribution < -0.4 is 5.32 Å². The van der Waals surface area contributed by atoms with E-state index in [1.807, 2.05) is 11.7 Å². The van der Waals surface area contributed by atoms with E-state index in [0.717, 1.165) is 5.69 Å². The molecule has 0 aromatic carbocycles. The van der Waals surface area contributed by atoms with Crippen LogP contribution in [0.4, 0.5) is 5.69 Å². The van der Waals surface area contributed by atoms with Gasteiger partial charge in [-0.3, -0.25) is 4.68 Å². The summed E-state index contributed by atoms with van der Waals surface area (Å²) in [6.07, 6.45) is 4.68. The van der Waals surface area contributed by atoms with E-state index in [-0.39, 0.29) is 0 Å². The van der Waals surface area contributed by atoms with Crippen LogP contribution in [0.2, 0.25) is 0 Å². The first-order valence-corrected chi connectivity index (χ1v) is 6.60. The highest BCUT2D eigenvalue weighted by molar-refractivity contribution is 8.00. The molecule has 1 aromatic heterocycles. The van der Waals surface area contributed by atoms with Gasteiger partial charge in [-0.15, -0.1) is 0 Å². The lowest BCUT2D eigenvalue weighted by Gasteiger charge is -2.29. The van der Waals surface area contributed by atoms with Crippen LogP contribution in [-0.2, 0) is 7.05 Å². The summed E-state index contributed by atoms with van der Waals surface area (Å²) < 4.78 is 1.87. The summed E-state index contributed by atoms with van der Waals surface area (Å²) in [4.78, 5) is 0. The van der Waals surface area contributed by atoms with Gasteiger partial charge in [-0.05, 0) is 25.5 Å². The fourth-order valence-electron chi connectivity index (χ4n) is 2.05. The summed E-state index contributed by atoms with van der Waals surface area (Å²) in [6, 6.07) is 0.603. The topological polar surface area (TPSA) is 29.9 Å². The van der Waals surface area contributed by atoms with E-state index < -0.39 is 0 Å². The zero-order valence-electron chi connectivity index (χ0n) is 9.66. The predicted octanol–water partition coefficient (Wildman–Crippen LogP) is 2.42. The van der Waals surface area contributed by atoms with Crippen LogP contribution in [0.15, 0.2) is 6.20 Å². The first-order chi connectivity index (χ1) is 7.16. The Labute approximate surface area is 95.6 Å². The molecule has 0 saturated carbocycles. The third-order valence-electron chi connectivity index (χ3n) is 2.96. The highest BCUT2D eigenvalue weighted by atomic mass is 32.2. The van der Waals surface area contributed by atoms with Crippen molar-refractivity contribution in [1.29, 1.82) is 0 Å². The van der Waals surface area contributed by atoms with Crippen molar-refractivity contribution < 1.29 is 0 Å². The molecule has 0 amide bonds. The van der Waals surface area contributed by atoms with Gasteiger partial charge in [-0.1, -0.05) is 6.92 Å². The summed E-state index contributed by atoms with van der Waals surface area (Å²) in [5.41, 5.74) is 2.29. The third-order valence-corrected chi connectivity index (χ3v) is 4.34. The molecule has 1 aliphatic heterocycles. The van der Waals surface area contributed by atoms with Gasteiger partial charge in [0.25, 0.3) is 0 Å². The Morgan fingerprint density at radius 2 is 2.40 bits per heavy atom. The Morgan fingerprint density at radius 1 is 1.60 bits per heavy atom. The van der Waals surface area contributed by atoms with Crippen LogP contribution in [0.1, 0.15) is 25.5 Å². The molecule has 2 unspecified atom stereocenters. The fraction of sp³-hybridized carbons (Fsp3) is 0.727. The normalized spacial score (nSPS) is 26.6. The molecule has 0 aliphatic carbocycles. The molecule has 1 aromatic rings. The molecular formula is C11H19N3S. The molecule has 84 valence electrons.